The number of aliphatic hydroxyl groups is 1. The molecule has 134 valence electrons. The van der Waals surface area contributed by atoms with Crippen LogP contribution in [-0.4, -0.2) is 66.2 Å². The van der Waals surface area contributed by atoms with E-state index in [4.69, 9.17) is 5.11 Å². The third-order valence-corrected chi connectivity index (χ3v) is 4.56. The summed E-state index contributed by atoms with van der Waals surface area (Å²) in [6, 6.07) is 5.74. The lowest BCUT2D eigenvalue weighted by atomic mass is 10.2. The van der Waals surface area contributed by atoms with Crippen LogP contribution in [0.5, 0.6) is 0 Å². The van der Waals surface area contributed by atoms with Crippen molar-refractivity contribution < 1.29 is 14.3 Å². The molecular weight excluding hydrogens is 309 g/mol. The van der Waals surface area contributed by atoms with Crippen LogP contribution in [0.4, 0.5) is 10.1 Å². The molecule has 1 aromatic carbocycles. The highest BCUT2D eigenvalue weighted by Gasteiger charge is 2.25. The fraction of sp³-hybridized carbons (Fsp3) is 0.611. The molecule has 1 aliphatic rings. The lowest BCUT2D eigenvalue weighted by molar-refractivity contribution is -0.121. The van der Waals surface area contributed by atoms with Crippen LogP contribution in [0, 0.1) is 5.82 Å². The summed E-state index contributed by atoms with van der Waals surface area (Å²) in [5.74, 6) is -0.452. The number of halogens is 1. The quantitative estimate of drug-likeness (QED) is 0.712. The van der Waals surface area contributed by atoms with Crippen molar-refractivity contribution in [2.45, 2.75) is 32.2 Å². The largest absolute Gasteiger partial charge is 0.396 e. The minimum Gasteiger partial charge on any atom is -0.396 e. The van der Waals surface area contributed by atoms with Gasteiger partial charge in [-0.05, 0) is 50.9 Å². The molecule has 24 heavy (non-hydrogen) atoms. The van der Waals surface area contributed by atoms with Crippen LogP contribution in [0.15, 0.2) is 24.3 Å². The summed E-state index contributed by atoms with van der Waals surface area (Å²) >= 11 is 0. The second-order valence-corrected chi connectivity index (χ2v) is 6.34. The van der Waals surface area contributed by atoms with E-state index >= 15 is 0 Å². The highest BCUT2D eigenvalue weighted by molar-refractivity contribution is 5.94. The predicted molar refractivity (Wildman–Crippen MR) is 93.4 cm³/mol. The lowest BCUT2D eigenvalue weighted by Crippen LogP contribution is -2.52. The Kier molecular flexibility index (Phi) is 7.62. The smallest absolute Gasteiger partial charge is 0.241 e. The second kappa shape index (κ2) is 9.71. The number of unbranched alkanes of at least 4 members (excludes halogenated alkanes) is 2. The maximum absolute atomic E-state index is 13.2. The molecule has 1 aromatic rings. The van der Waals surface area contributed by atoms with Gasteiger partial charge in [-0.3, -0.25) is 9.69 Å². The third kappa shape index (κ3) is 5.85. The number of anilines is 1. The van der Waals surface area contributed by atoms with Gasteiger partial charge in [0.25, 0.3) is 0 Å². The van der Waals surface area contributed by atoms with E-state index in [9.17, 15) is 9.18 Å². The van der Waals surface area contributed by atoms with E-state index in [1.165, 1.54) is 12.1 Å². The Morgan fingerprint density at radius 3 is 2.67 bits per heavy atom. The molecule has 1 fully saturated rings. The predicted octanol–water partition coefficient (Wildman–Crippen LogP) is 1.93. The van der Waals surface area contributed by atoms with Crippen molar-refractivity contribution in [1.29, 1.82) is 0 Å². The molecule has 0 radical (unpaired) electrons. The van der Waals surface area contributed by atoms with Gasteiger partial charge in [0, 0.05) is 38.5 Å². The number of amides is 1. The van der Waals surface area contributed by atoms with E-state index in [-0.39, 0.29) is 24.4 Å². The summed E-state index contributed by atoms with van der Waals surface area (Å²) < 4.78 is 13.2. The number of carbonyl (C=O) groups excluding carboxylic acids is 1. The number of rotatable bonds is 8. The number of nitrogens with zero attached hydrogens (tertiary/aromatic N) is 2. The van der Waals surface area contributed by atoms with E-state index in [1.54, 1.807) is 12.1 Å². The normalized spacial score (nSPS) is 17.6. The Balaban J connectivity index is 1.73. The van der Waals surface area contributed by atoms with Crippen molar-refractivity contribution in [1.82, 2.24) is 9.80 Å². The molecular formula is C18H28FN3O2. The zero-order valence-electron chi connectivity index (χ0n) is 14.4. The molecule has 0 spiro atoms. The molecule has 0 aromatic heterocycles. The molecule has 1 heterocycles. The van der Waals surface area contributed by atoms with Crippen LogP contribution < -0.4 is 5.32 Å². The van der Waals surface area contributed by atoms with E-state index in [2.05, 4.69) is 15.1 Å². The minimum absolute atomic E-state index is 0.100. The number of hydrogen-bond acceptors (Lipinski definition) is 4. The second-order valence-electron chi connectivity index (χ2n) is 6.34. The number of carbonyl (C=O) groups is 1. The number of aliphatic hydroxyl groups excluding tert-OH is 1. The van der Waals surface area contributed by atoms with Crippen LogP contribution in [-0.2, 0) is 4.79 Å². The molecule has 0 saturated carbocycles. The molecule has 1 aliphatic heterocycles. The van der Waals surface area contributed by atoms with Gasteiger partial charge in [0.05, 0.1) is 6.04 Å². The molecule has 1 amide bonds. The van der Waals surface area contributed by atoms with Gasteiger partial charge in [0.15, 0.2) is 0 Å². The van der Waals surface area contributed by atoms with Crippen molar-refractivity contribution >= 4 is 11.6 Å². The number of hydrogen-bond donors (Lipinski definition) is 2. The van der Waals surface area contributed by atoms with Crippen LogP contribution in [0.1, 0.15) is 26.2 Å². The molecule has 0 aliphatic carbocycles. The lowest BCUT2D eigenvalue weighted by Gasteiger charge is -2.37. The van der Waals surface area contributed by atoms with Gasteiger partial charge < -0.3 is 15.3 Å². The average molecular weight is 337 g/mol. The van der Waals surface area contributed by atoms with E-state index < -0.39 is 0 Å². The van der Waals surface area contributed by atoms with Crippen LogP contribution >= 0.6 is 0 Å². The number of piperazine rings is 1. The van der Waals surface area contributed by atoms with Gasteiger partial charge in [0.1, 0.15) is 5.82 Å². The van der Waals surface area contributed by atoms with Crippen LogP contribution in [0.25, 0.3) is 0 Å². The highest BCUT2D eigenvalue weighted by atomic mass is 19.1. The van der Waals surface area contributed by atoms with E-state index in [0.717, 1.165) is 52.0 Å². The average Bonchev–Trinajstić information content (AvgIpc) is 2.58. The SMILES string of the molecule is CC(C(=O)Nc1cccc(F)c1)N1CCN(CCCCCO)CC1. The molecule has 6 heteroatoms. The molecule has 5 nitrogen and oxygen atoms in total. The van der Waals surface area contributed by atoms with Crippen molar-refractivity contribution in [3.8, 4) is 0 Å². The van der Waals surface area contributed by atoms with Crippen molar-refractivity contribution in [2.24, 2.45) is 0 Å². The Morgan fingerprint density at radius 2 is 2.00 bits per heavy atom. The summed E-state index contributed by atoms with van der Waals surface area (Å²) in [6.07, 6.45) is 3.04. The molecule has 0 bridgehead atoms. The third-order valence-electron chi connectivity index (χ3n) is 4.56. The Labute approximate surface area is 143 Å². The standard InChI is InChI=1S/C18H28FN3O2/c1-15(18(24)20-17-7-5-6-16(19)14-17)22-11-9-21(10-12-22)8-3-2-4-13-23/h5-7,14-15,23H,2-4,8-13H2,1H3,(H,20,24). The van der Waals surface area contributed by atoms with Gasteiger partial charge >= 0.3 is 0 Å². The number of benzene rings is 1. The zero-order valence-corrected chi connectivity index (χ0v) is 14.4. The maximum Gasteiger partial charge on any atom is 0.241 e. The molecule has 2 N–H and O–H groups in total. The van der Waals surface area contributed by atoms with Crippen LogP contribution in [0.2, 0.25) is 0 Å². The highest BCUT2D eigenvalue weighted by Crippen LogP contribution is 2.12. The summed E-state index contributed by atoms with van der Waals surface area (Å²) in [4.78, 5) is 16.9. The van der Waals surface area contributed by atoms with E-state index in [1.807, 2.05) is 6.92 Å². The molecule has 2 rings (SSSR count). The molecule has 1 saturated heterocycles. The first-order valence-corrected chi connectivity index (χ1v) is 8.74. The minimum atomic E-state index is -0.352. The maximum atomic E-state index is 13.2. The topological polar surface area (TPSA) is 55.8 Å². The Hall–Kier alpha value is -1.50. The molecule has 1 atom stereocenters. The fourth-order valence-electron chi connectivity index (χ4n) is 2.98. The van der Waals surface area contributed by atoms with Crippen molar-refractivity contribution in [2.75, 3.05) is 44.6 Å². The summed E-state index contributed by atoms with van der Waals surface area (Å²) in [6.45, 7) is 6.85. The van der Waals surface area contributed by atoms with Gasteiger partial charge in [-0.15, -0.1) is 0 Å². The molecule has 1 unspecified atom stereocenters. The van der Waals surface area contributed by atoms with Crippen molar-refractivity contribution in [3.05, 3.63) is 30.1 Å². The summed E-state index contributed by atoms with van der Waals surface area (Å²) in [5, 5.41) is 11.6. The zero-order chi connectivity index (χ0) is 17.4. The van der Waals surface area contributed by atoms with Gasteiger partial charge in [0.2, 0.25) is 5.91 Å². The summed E-state index contributed by atoms with van der Waals surface area (Å²) in [7, 11) is 0. The Morgan fingerprint density at radius 1 is 1.25 bits per heavy atom. The first kappa shape index (κ1) is 18.8. The van der Waals surface area contributed by atoms with E-state index in [0.29, 0.717) is 5.69 Å². The van der Waals surface area contributed by atoms with Crippen LogP contribution in [0.3, 0.4) is 0 Å². The van der Waals surface area contributed by atoms with Gasteiger partial charge in [-0.2, -0.15) is 0 Å². The Bertz CT molecular complexity index is 519. The summed E-state index contributed by atoms with van der Waals surface area (Å²) in [5.41, 5.74) is 0.495. The first-order valence-electron chi connectivity index (χ1n) is 8.74. The van der Waals surface area contributed by atoms with Crippen molar-refractivity contribution in [3.63, 3.8) is 0 Å². The first-order chi connectivity index (χ1) is 11.6. The fourth-order valence-corrected chi connectivity index (χ4v) is 2.98. The van der Waals surface area contributed by atoms with Gasteiger partial charge in [-0.25, -0.2) is 4.39 Å². The van der Waals surface area contributed by atoms with Gasteiger partial charge in [-0.1, -0.05) is 6.07 Å². The monoisotopic (exact) mass is 337 g/mol. The number of nitrogens with one attached hydrogen (secondary N) is 1.